The van der Waals surface area contributed by atoms with E-state index in [-0.39, 0.29) is 0 Å². The molecule has 1 atom stereocenters. The lowest BCUT2D eigenvalue weighted by molar-refractivity contribution is 0.288. The predicted octanol–water partition coefficient (Wildman–Crippen LogP) is 3.59. The number of nitrogens with zero attached hydrogens (tertiary/aromatic N) is 1. The zero-order valence-electron chi connectivity index (χ0n) is 17.3. The van der Waals surface area contributed by atoms with Crippen LogP contribution in [-0.2, 0) is 6.54 Å². The minimum Gasteiger partial charge on any atom is -0.493 e. The Morgan fingerprint density at radius 3 is 2.15 bits per heavy atom. The minimum absolute atomic E-state index is 0.369. The van der Waals surface area contributed by atoms with Crippen molar-refractivity contribution in [2.45, 2.75) is 53.1 Å². The molecule has 0 amide bonds. The van der Waals surface area contributed by atoms with Gasteiger partial charge in [-0.3, -0.25) is 4.99 Å². The van der Waals surface area contributed by atoms with Gasteiger partial charge in [-0.15, -0.1) is 0 Å². The highest BCUT2D eigenvalue weighted by Crippen LogP contribution is 2.38. The fourth-order valence-corrected chi connectivity index (χ4v) is 2.59. The number of aliphatic imine (C=N–C) groups is 1. The summed E-state index contributed by atoms with van der Waals surface area (Å²) in [5.74, 6) is 3.45. The second-order valence-corrected chi connectivity index (χ2v) is 6.70. The number of methoxy groups -OCH3 is 2. The van der Waals surface area contributed by atoms with Gasteiger partial charge in [0, 0.05) is 19.6 Å². The van der Waals surface area contributed by atoms with Crippen molar-refractivity contribution in [1.29, 1.82) is 0 Å². The first-order valence-electron chi connectivity index (χ1n) is 9.29. The predicted molar refractivity (Wildman–Crippen MR) is 108 cm³/mol. The fraction of sp³-hybridized carbons (Fsp3) is 0.650. The van der Waals surface area contributed by atoms with Crippen molar-refractivity contribution in [3.05, 3.63) is 17.7 Å². The van der Waals surface area contributed by atoms with Crippen LogP contribution in [0.2, 0.25) is 0 Å². The lowest BCUT2D eigenvalue weighted by Gasteiger charge is -2.19. The van der Waals surface area contributed by atoms with Gasteiger partial charge >= 0.3 is 0 Å². The maximum atomic E-state index is 5.64. The molecule has 2 N–H and O–H groups in total. The van der Waals surface area contributed by atoms with Gasteiger partial charge in [-0.2, -0.15) is 0 Å². The Morgan fingerprint density at radius 2 is 1.69 bits per heavy atom. The van der Waals surface area contributed by atoms with Crippen molar-refractivity contribution in [2.75, 3.05) is 27.9 Å². The molecule has 1 rings (SSSR count). The molecule has 0 bridgehead atoms. The molecule has 26 heavy (non-hydrogen) atoms. The standard InChI is InChI=1S/C20H35N3O3/c1-8-26-19-17(24-6)11-16(12-18(19)25-7)13-22-20(21-5)23-15(4)10-9-14(2)3/h11-12,14-15H,8-10,13H2,1-7H3,(H2,21,22,23). The fourth-order valence-electron chi connectivity index (χ4n) is 2.59. The summed E-state index contributed by atoms with van der Waals surface area (Å²) in [5, 5.41) is 6.78. The van der Waals surface area contributed by atoms with Crippen LogP contribution in [-0.4, -0.2) is 39.9 Å². The molecule has 1 unspecified atom stereocenters. The average molecular weight is 366 g/mol. The molecule has 0 aliphatic heterocycles. The van der Waals surface area contributed by atoms with E-state index in [2.05, 4.69) is 36.4 Å². The zero-order valence-corrected chi connectivity index (χ0v) is 17.3. The minimum atomic E-state index is 0.369. The molecule has 0 heterocycles. The summed E-state index contributed by atoms with van der Waals surface area (Å²) in [6, 6.07) is 4.28. The maximum absolute atomic E-state index is 5.64. The summed E-state index contributed by atoms with van der Waals surface area (Å²) in [6.45, 7) is 9.76. The molecule has 0 spiro atoms. The van der Waals surface area contributed by atoms with Crippen LogP contribution >= 0.6 is 0 Å². The SMILES string of the molecule is CCOc1c(OC)cc(CNC(=NC)NC(C)CCC(C)C)cc1OC. The Morgan fingerprint density at radius 1 is 1.08 bits per heavy atom. The first kappa shape index (κ1) is 21.9. The molecule has 0 aromatic heterocycles. The first-order valence-corrected chi connectivity index (χ1v) is 9.29. The molecule has 0 aliphatic rings. The molecular weight excluding hydrogens is 330 g/mol. The van der Waals surface area contributed by atoms with Crippen molar-refractivity contribution in [3.63, 3.8) is 0 Å². The van der Waals surface area contributed by atoms with E-state index in [1.165, 1.54) is 6.42 Å². The number of nitrogens with one attached hydrogen (secondary N) is 2. The third kappa shape index (κ3) is 7.02. The van der Waals surface area contributed by atoms with Gasteiger partial charge in [-0.25, -0.2) is 0 Å². The van der Waals surface area contributed by atoms with E-state index in [1.807, 2.05) is 19.1 Å². The molecule has 0 saturated heterocycles. The van der Waals surface area contributed by atoms with Crippen LogP contribution in [0.1, 0.15) is 46.1 Å². The topological polar surface area (TPSA) is 64.1 Å². The van der Waals surface area contributed by atoms with Gasteiger partial charge < -0.3 is 24.8 Å². The number of guanidine groups is 1. The van der Waals surface area contributed by atoms with Crippen molar-refractivity contribution in [1.82, 2.24) is 10.6 Å². The van der Waals surface area contributed by atoms with Gasteiger partial charge in [0.25, 0.3) is 0 Å². The van der Waals surface area contributed by atoms with Gasteiger partial charge in [0.15, 0.2) is 17.5 Å². The lowest BCUT2D eigenvalue weighted by Crippen LogP contribution is -2.41. The Kier molecular flexibility index (Phi) is 9.70. The molecule has 1 aromatic carbocycles. The van der Waals surface area contributed by atoms with E-state index < -0.39 is 0 Å². The third-order valence-corrected chi connectivity index (χ3v) is 4.05. The third-order valence-electron chi connectivity index (χ3n) is 4.05. The zero-order chi connectivity index (χ0) is 19.5. The van der Waals surface area contributed by atoms with E-state index in [4.69, 9.17) is 14.2 Å². The molecule has 148 valence electrons. The van der Waals surface area contributed by atoms with Gasteiger partial charge in [0.1, 0.15) is 0 Å². The van der Waals surface area contributed by atoms with E-state index in [0.29, 0.717) is 42.4 Å². The Labute approximate surface area is 158 Å². The van der Waals surface area contributed by atoms with Crippen molar-refractivity contribution < 1.29 is 14.2 Å². The Balaban J connectivity index is 2.75. The summed E-state index contributed by atoms with van der Waals surface area (Å²) in [7, 11) is 5.04. The summed E-state index contributed by atoms with van der Waals surface area (Å²) < 4.78 is 16.6. The normalized spacial score (nSPS) is 12.7. The van der Waals surface area contributed by atoms with Crippen LogP contribution in [0.25, 0.3) is 0 Å². The number of hydrogen-bond acceptors (Lipinski definition) is 4. The maximum Gasteiger partial charge on any atom is 0.203 e. The molecular formula is C20H35N3O3. The smallest absolute Gasteiger partial charge is 0.203 e. The van der Waals surface area contributed by atoms with Crippen LogP contribution in [0, 0.1) is 5.92 Å². The molecule has 0 aliphatic carbocycles. The Bertz CT molecular complexity index is 548. The molecule has 1 aromatic rings. The van der Waals surface area contributed by atoms with Gasteiger partial charge in [-0.1, -0.05) is 13.8 Å². The van der Waals surface area contributed by atoms with Crippen molar-refractivity contribution in [2.24, 2.45) is 10.9 Å². The summed E-state index contributed by atoms with van der Waals surface area (Å²) in [6.07, 6.45) is 2.31. The molecule has 0 fully saturated rings. The number of ether oxygens (including phenoxy) is 3. The van der Waals surface area contributed by atoms with E-state index in [9.17, 15) is 0 Å². The highest BCUT2D eigenvalue weighted by atomic mass is 16.5. The second-order valence-electron chi connectivity index (χ2n) is 6.70. The van der Waals surface area contributed by atoms with Crippen LogP contribution < -0.4 is 24.8 Å². The largest absolute Gasteiger partial charge is 0.493 e. The number of rotatable bonds is 10. The van der Waals surface area contributed by atoms with Crippen LogP contribution in [0.4, 0.5) is 0 Å². The van der Waals surface area contributed by atoms with Crippen LogP contribution in [0.3, 0.4) is 0 Å². The van der Waals surface area contributed by atoms with E-state index in [1.54, 1.807) is 21.3 Å². The van der Waals surface area contributed by atoms with Crippen molar-refractivity contribution >= 4 is 5.96 Å². The molecule has 6 heteroatoms. The first-order chi connectivity index (χ1) is 12.4. The summed E-state index contributed by atoms with van der Waals surface area (Å²) in [5.41, 5.74) is 1.03. The summed E-state index contributed by atoms with van der Waals surface area (Å²) >= 11 is 0. The second kappa shape index (κ2) is 11.5. The van der Waals surface area contributed by atoms with Crippen LogP contribution in [0.5, 0.6) is 17.2 Å². The van der Waals surface area contributed by atoms with Gasteiger partial charge in [0.2, 0.25) is 5.75 Å². The Hall–Kier alpha value is -2.11. The average Bonchev–Trinajstić information content (AvgIpc) is 2.63. The number of hydrogen-bond donors (Lipinski definition) is 2. The molecule has 0 radical (unpaired) electrons. The van der Waals surface area contributed by atoms with Crippen molar-refractivity contribution in [3.8, 4) is 17.2 Å². The summed E-state index contributed by atoms with van der Waals surface area (Å²) in [4.78, 5) is 4.31. The van der Waals surface area contributed by atoms with Crippen LogP contribution in [0.15, 0.2) is 17.1 Å². The highest BCUT2D eigenvalue weighted by Gasteiger charge is 2.14. The highest BCUT2D eigenvalue weighted by molar-refractivity contribution is 5.79. The molecule has 6 nitrogen and oxygen atoms in total. The number of benzene rings is 1. The van der Waals surface area contributed by atoms with E-state index >= 15 is 0 Å². The lowest BCUT2D eigenvalue weighted by atomic mass is 10.0. The molecule has 0 saturated carbocycles. The van der Waals surface area contributed by atoms with E-state index in [0.717, 1.165) is 17.9 Å². The van der Waals surface area contributed by atoms with Gasteiger partial charge in [0.05, 0.1) is 20.8 Å². The quantitative estimate of drug-likeness (QED) is 0.490. The monoisotopic (exact) mass is 365 g/mol. The van der Waals surface area contributed by atoms with Gasteiger partial charge in [-0.05, 0) is 50.3 Å².